The molecule has 0 radical (unpaired) electrons. The average molecular weight is 411 g/mol. The molecule has 4 aromatic rings. The molecule has 1 aromatic heterocycles. The normalized spacial score (nSPS) is 14.8. The summed E-state index contributed by atoms with van der Waals surface area (Å²) >= 11 is 0. The number of benzene rings is 3. The Kier molecular flexibility index (Phi) is 4.79. The fourth-order valence-corrected chi connectivity index (χ4v) is 4.33. The number of carbonyl (C=O) groups excluding carboxylic acids is 1. The molecule has 3 aromatic carbocycles. The third-order valence-corrected chi connectivity index (χ3v) is 5.78. The van der Waals surface area contributed by atoms with Crippen LogP contribution in [0, 0.1) is 0 Å². The highest BCUT2D eigenvalue weighted by molar-refractivity contribution is 5.86. The first kappa shape index (κ1) is 19.1. The van der Waals surface area contributed by atoms with Gasteiger partial charge in [-0.05, 0) is 33.9 Å². The van der Waals surface area contributed by atoms with Crippen molar-refractivity contribution in [1.29, 1.82) is 0 Å². The van der Waals surface area contributed by atoms with Crippen LogP contribution in [0.1, 0.15) is 17.2 Å². The van der Waals surface area contributed by atoms with Gasteiger partial charge in [-0.15, -0.1) is 0 Å². The molecule has 0 unspecified atom stereocenters. The van der Waals surface area contributed by atoms with Crippen molar-refractivity contribution in [2.45, 2.75) is 12.5 Å². The molecule has 5 nitrogen and oxygen atoms in total. The maximum atomic E-state index is 13.1. The van der Waals surface area contributed by atoms with Gasteiger partial charge in [0.2, 0.25) is 5.88 Å². The second-order valence-electron chi connectivity index (χ2n) is 7.59. The molecule has 1 aliphatic heterocycles. The molecule has 0 aliphatic carbocycles. The van der Waals surface area contributed by atoms with Gasteiger partial charge in [-0.1, -0.05) is 72.8 Å². The molecule has 5 heteroatoms. The molecule has 5 rings (SSSR count). The lowest BCUT2D eigenvalue weighted by molar-refractivity contribution is -0.144. The van der Waals surface area contributed by atoms with Crippen LogP contribution < -0.4 is 10.3 Å². The molecule has 2 heterocycles. The molecule has 0 amide bonds. The van der Waals surface area contributed by atoms with Crippen LogP contribution in [0.3, 0.4) is 0 Å². The van der Waals surface area contributed by atoms with Crippen LogP contribution in [0.25, 0.3) is 21.9 Å². The van der Waals surface area contributed by atoms with Crippen LogP contribution in [0.5, 0.6) is 5.88 Å². The second kappa shape index (κ2) is 7.76. The molecule has 0 bridgehead atoms. The average Bonchev–Trinajstić information content (AvgIpc) is 3.25. The Bertz CT molecular complexity index is 1340. The summed E-state index contributed by atoms with van der Waals surface area (Å²) in [5.41, 5.74) is 3.50. The van der Waals surface area contributed by atoms with Crippen LogP contribution in [0.4, 0.5) is 0 Å². The number of pyridine rings is 1. The van der Waals surface area contributed by atoms with E-state index in [2.05, 4.69) is 24.3 Å². The fraction of sp³-hybridized carbons (Fsp3) is 0.154. The lowest BCUT2D eigenvalue weighted by Gasteiger charge is -2.16. The van der Waals surface area contributed by atoms with Gasteiger partial charge in [0.25, 0.3) is 5.56 Å². The maximum absolute atomic E-state index is 13.1. The Balaban J connectivity index is 1.72. The lowest BCUT2D eigenvalue weighted by Crippen LogP contribution is -2.28. The van der Waals surface area contributed by atoms with Crippen molar-refractivity contribution in [3.05, 3.63) is 100 Å². The van der Waals surface area contributed by atoms with Crippen molar-refractivity contribution >= 4 is 16.7 Å². The van der Waals surface area contributed by atoms with Crippen LogP contribution in [0.2, 0.25) is 0 Å². The third kappa shape index (κ3) is 3.28. The molecule has 0 N–H and O–H groups in total. The fourth-order valence-electron chi connectivity index (χ4n) is 4.33. The predicted octanol–water partition coefficient (Wildman–Crippen LogP) is 4.37. The van der Waals surface area contributed by atoms with E-state index in [1.54, 1.807) is 6.07 Å². The number of hydrogen-bond acceptors (Lipinski definition) is 4. The Morgan fingerprint density at radius 2 is 1.74 bits per heavy atom. The van der Waals surface area contributed by atoms with Crippen molar-refractivity contribution in [3.63, 3.8) is 0 Å². The zero-order valence-electron chi connectivity index (χ0n) is 17.1. The van der Waals surface area contributed by atoms with E-state index in [-0.39, 0.29) is 12.2 Å². The molecule has 0 spiro atoms. The molecular formula is C26H21NO4. The highest BCUT2D eigenvalue weighted by atomic mass is 16.5. The number of nitrogens with zero attached hydrogens (tertiary/aromatic N) is 1. The highest BCUT2D eigenvalue weighted by Crippen LogP contribution is 2.39. The lowest BCUT2D eigenvalue weighted by atomic mass is 9.93. The number of carbonyl (C=O) groups is 1. The minimum absolute atomic E-state index is 0.0828. The molecule has 0 saturated carbocycles. The number of hydrogen-bond donors (Lipinski definition) is 0. The van der Waals surface area contributed by atoms with E-state index in [1.165, 1.54) is 11.7 Å². The molecular weight excluding hydrogens is 390 g/mol. The number of fused-ring (bicyclic) bond motifs is 2. The van der Waals surface area contributed by atoms with Crippen LogP contribution >= 0.6 is 0 Å². The monoisotopic (exact) mass is 411 g/mol. The summed E-state index contributed by atoms with van der Waals surface area (Å²) in [4.78, 5) is 25.3. The maximum Gasteiger partial charge on any atom is 0.332 e. The van der Waals surface area contributed by atoms with E-state index < -0.39 is 12.0 Å². The molecule has 154 valence electrons. The zero-order valence-corrected chi connectivity index (χ0v) is 17.1. The van der Waals surface area contributed by atoms with Gasteiger partial charge in [-0.2, -0.15) is 0 Å². The first-order valence-electron chi connectivity index (χ1n) is 10.2. The van der Waals surface area contributed by atoms with Crippen molar-refractivity contribution in [1.82, 2.24) is 4.57 Å². The van der Waals surface area contributed by atoms with Gasteiger partial charge in [0.1, 0.15) is 6.61 Å². The third-order valence-electron chi connectivity index (χ3n) is 5.78. The van der Waals surface area contributed by atoms with Gasteiger partial charge in [0, 0.05) is 11.6 Å². The smallest absolute Gasteiger partial charge is 0.332 e. The van der Waals surface area contributed by atoms with Gasteiger partial charge in [0.15, 0.2) is 6.04 Å². The summed E-state index contributed by atoms with van der Waals surface area (Å²) < 4.78 is 12.2. The second-order valence-corrected chi connectivity index (χ2v) is 7.59. The number of esters is 1. The quantitative estimate of drug-likeness (QED) is 0.468. The zero-order chi connectivity index (χ0) is 21.4. The molecule has 1 atom stereocenters. The Morgan fingerprint density at radius 1 is 1.00 bits per heavy atom. The van der Waals surface area contributed by atoms with E-state index in [1.807, 2.05) is 48.5 Å². The van der Waals surface area contributed by atoms with E-state index in [4.69, 9.17) is 9.47 Å². The van der Waals surface area contributed by atoms with Gasteiger partial charge >= 0.3 is 5.97 Å². The van der Waals surface area contributed by atoms with Crippen molar-refractivity contribution in [3.8, 4) is 17.0 Å². The van der Waals surface area contributed by atoms with E-state index in [0.717, 1.165) is 33.0 Å². The minimum Gasteiger partial charge on any atom is -0.475 e. The van der Waals surface area contributed by atoms with Gasteiger partial charge < -0.3 is 9.47 Å². The Labute approximate surface area is 179 Å². The summed E-state index contributed by atoms with van der Waals surface area (Å²) in [6, 6.07) is 25.1. The van der Waals surface area contributed by atoms with Crippen molar-refractivity contribution in [2.24, 2.45) is 0 Å². The first-order chi connectivity index (χ1) is 15.2. The topological polar surface area (TPSA) is 57.5 Å². The van der Waals surface area contributed by atoms with Crippen molar-refractivity contribution < 1.29 is 14.3 Å². The van der Waals surface area contributed by atoms with E-state index in [0.29, 0.717) is 12.3 Å². The summed E-state index contributed by atoms with van der Waals surface area (Å²) in [5.74, 6) is -0.0639. The molecule has 0 fully saturated rings. The number of aromatic nitrogens is 1. The number of ether oxygens (including phenoxy) is 2. The van der Waals surface area contributed by atoms with Crippen LogP contribution in [-0.2, 0) is 16.0 Å². The van der Waals surface area contributed by atoms with E-state index >= 15 is 0 Å². The largest absolute Gasteiger partial charge is 0.475 e. The SMILES string of the molecule is COC(=O)[C@@H]1COc2c(-c3ccccc3)c(Cc3cccc4ccccc34)cc(=O)n21. The summed E-state index contributed by atoms with van der Waals surface area (Å²) in [7, 11) is 1.32. The predicted molar refractivity (Wildman–Crippen MR) is 119 cm³/mol. The standard InChI is InChI=1S/C26H21NO4/c1-30-26(29)22-16-31-25-24(18-9-3-2-4-10-18)20(15-23(28)27(22)25)14-19-12-7-11-17-8-5-6-13-21(17)19/h2-13,15,22H,14,16H2,1H3/t22-/m0/s1. The van der Waals surface area contributed by atoms with Gasteiger partial charge in [-0.25, -0.2) is 4.79 Å². The minimum atomic E-state index is -0.776. The Morgan fingerprint density at radius 3 is 2.55 bits per heavy atom. The molecule has 31 heavy (non-hydrogen) atoms. The summed E-state index contributed by atoms with van der Waals surface area (Å²) in [6.07, 6.45) is 0.570. The summed E-state index contributed by atoms with van der Waals surface area (Å²) in [5, 5.41) is 2.30. The first-order valence-corrected chi connectivity index (χ1v) is 10.2. The van der Waals surface area contributed by atoms with Crippen molar-refractivity contribution in [2.75, 3.05) is 13.7 Å². The van der Waals surface area contributed by atoms with Crippen LogP contribution in [-0.4, -0.2) is 24.3 Å². The van der Waals surface area contributed by atoms with Gasteiger partial charge in [0.05, 0.1) is 7.11 Å². The molecule has 0 saturated heterocycles. The van der Waals surface area contributed by atoms with Crippen LogP contribution in [0.15, 0.2) is 83.7 Å². The molecule has 1 aliphatic rings. The Hall–Kier alpha value is -3.86. The number of methoxy groups -OCH3 is 1. The summed E-state index contributed by atoms with van der Waals surface area (Å²) in [6.45, 7) is 0.0828. The number of rotatable bonds is 4. The highest BCUT2D eigenvalue weighted by Gasteiger charge is 2.35. The van der Waals surface area contributed by atoms with Gasteiger partial charge in [-0.3, -0.25) is 9.36 Å². The van der Waals surface area contributed by atoms with E-state index in [9.17, 15) is 9.59 Å².